The number of rotatable bonds is 6. The largest absolute Gasteiger partial charge is 0.441 e. The van der Waals surface area contributed by atoms with Crippen LogP contribution in [0.15, 0.2) is 0 Å². The molecule has 0 atom stereocenters. The van der Waals surface area contributed by atoms with Crippen LogP contribution in [0.3, 0.4) is 0 Å². The summed E-state index contributed by atoms with van der Waals surface area (Å²) in [6, 6.07) is 0. The highest BCUT2D eigenvalue weighted by Gasteiger charge is 2.27. The topological polar surface area (TPSA) is 12.0 Å². The second kappa shape index (κ2) is 6.54. The Labute approximate surface area is 81.5 Å². The Morgan fingerprint density at radius 1 is 1.31 bits per heavy atom. The fourth-order valence-electron chi connectivity index (χ4n) is 0.776. The van der Waals surface area contributed by atoms with Crippen molar-refractivity contribution in [2.45, 2.75) is 25.8 Å². The third kappa shape index (κ3) is 12.1. The molecule has 0 aromatic heterocycles. The minimum absolute atomic E-state index is 0.0524. The maximum absolute atomic E-state index is 11.6. The van der Waals surface area contributed by atoms with Gasteiger partial charge < -0.3 is 5.32 Å². The Kier molecular flexibility index (Phi) is 6.59. The molecular formula is C8H16F3NS. The smallest absolute Gasteiger partial charge is 0.316 e. The summed E-state index contributed by atoms with van der Waals surface area (Å²) >= 11 is 0.0524. The molecule has 0 saturated carbocycles. The van der Waals surface area contributed by atoms with Gasteiger partial charge in [0.05, 0.1) is 0 Å². The standard InChI is InChI=1S/C8H16F3NS/c1-7(2)6-12-4-3-5-13-8(9,10)11/h7,12H,3-6H2,1-2H3. The maximum atomic E-state index is 11.6. The normalized spacial score (nSPS) is 12.5. The summed E-state index contributed by atoms with van der Waals surface area (Å²) in [5, 5.41) is 3.09. The molecule has 1 nitrogen and oxygen atoms in total. The lowest BCUT2D eigenvalue weighted by Crippen LogP contribution is -2.21. The van der Waals surface area contributed by atoms with Crippen LogP contribution in [0.2, 0.25) is 0 Å². The van der Waals surface area contributed by atoms with Gasteiger partial charge in [0.25, 0.3) is 0 Å². The van der Waals surface area contributed by atoms with Crippen LogP contribution in [0.1, 0.15) is 20.3 Å². The van der Waals surface area contributed by atoms with E-state index in [0.717, 1.165) is 6.54 Å². The number of hydrogen-bond acceptors (Lipinski definition) is 2. The first-order valence-corrected chi connectivity index (χ1v) is 5.32. The van der Waals surface area contributed by atoms with E-state index in [1.165, 1.54) is 0 Å². The molecule has 0 saturated heterocycles. The van der Waals surface area contributed by atoms with Crippen LogP contribution in [0.4, 0.5) is 13.2 Å². The molecule has 0 amide bonds. The third-order valence-corrected chi connectivity index (χ3v) is 2.14. The Balaban J connectivity index is 3.09. The van der Waals surface area contributed by atoms with Crippen LogP contribution in [-0.2, 0) is 0 Å². The average Bonchev–Trinajstić information content (AvgIpc) is 1.93. The zero-order valence-electron chi connectivity index (χ0n) is 7.95. The highest BCUT2D eigenvalue weighted by molar-refractivity contribution is 8.00. The molecule has 0 unspecified atom stereocenters. The molecule has 0 rings (SSSR count). The summed E-state index contributed by atoms with van der Waals surface area (Å²) in [5.74, 6) is 0.699. The van der Waals surface area contributed by atoms with Gasteiger partial charge in [0, 0.05) is 5.75 Å². The summed E-state index contributed by atoms with van der Waals surface area (Å²) in [5.41, 5.74) is -4.07. The molecule has 0 aliphatic rings. The summed E-state index contributed by atoms with van der Waals surface area (Å²) in [6.45, 7) is 5.67. The van der Waals surface area contributed by atoms with Gasteiger partial charge in [-0.3, -0.25) is 0 Å². The second-order valence-corrected chi connectivity index (χ2v) is 4.41. The van der Waals surface area contributed by atoms with E-state index >= 15 is 0 Å². The van der Waals surface area contributed by atoms with Crippen molar-refractivity contribution in [3.05, 3.63) is 0 Å². The van der Waals surface area contributed by atoms with Gasteiger partial charge in [-0.2, -0.15) is 13.2 Å². The van der Waals surface area contributed by atoms with E-state index < -0.39 is 5.51 Å². The molecule has 0 spiro atoms. The van der Waals surface area contributed by atoms with Crippen LogP contribution >= 0.6 is 11.8 Å². The van der Waals surface area contributed by atoms with E-state index in [9.17, 15) is 13.2 Å². The van der Waals surface area contributed by atoms with Crippen molar-refractivity contribution in [2.75, 3.05) is 18.8 Å². The Bertz CT molecular complexity index is 125. The molecule has 5 heteroatoms. The predicted molar refractivity (Wildman–Crippen MR) is 50.8 cm³/mol. The lowest BCUT2D eigenvalue weighted by atomic mass is 10.2. The summed E-state index contributed by atoms with van der Waals surface area (Å²) < 4.78 is 34.9. The Morgan fingerprint density at radius 3 is 2.38 bits per heavy atom. The van der Waals surface area contributed by atoms with Crippen LogP contribution < -0.4 is 5.32 Å². The first-order chi connectivity index (χ1) is 5.92. The van der Waals surface area contributed by atoms with Crippen molar-refractivity contribution < 1.29 is 13.2 Å². The van der Waals surface area contributed by atoms with Gasteiger partial charge in [-0.25, -0.2) is 0 Å². The predicted octanol–water partition coefficient (Wildman–Crippen LogP) is 2.88. The number of hydrogen-bond donors (Lipinski definition) is 1. The van der Waals surface area contributed by atoms with Crippen molar-refractivity contribution >= 4 is 11.8 Å². The summed E-state index contributed by atoms with van der Waals surface area (Å²) in [7, 11) is 0. The average molecular weight is 215 g/mol. The van der Waals surface area contributed by atoms with E-state index in [1.807, 2.05) is 0 Å². The fourth-order valence-corrected chi connectivity index (χ4v) is 1.30. The van der Waals surface area contributed by atoms with Crippen molar-refractivity contribution in [3.8, 4) is 0 Å². The quantitative estimate of drug-likeness (QED) is 0.684. The van der Waals surface area contributed by atoms with Gasteiger partial charge in [-0.15, -0.1) is 0 Å². The molecule has 0 bridgehead atoms. The molecule has 0 aromatic carbocycles. The van der Waals surface area contributed by atoms with Crippen molar-refractivity contribution in [1.82, 2.24) is 5.32 Å². The molecular weight excluding hydrogens is 199 g/mol. The van der Waals surface area contributed by atoms with Gasteiger partial charge in [0.15, 0.2) is 0 Å². The lowest BCUT2D eigenvalue weighted by Gasteiger charge is -2.07. The minimum atomic E-state index is -4.07. The molecule has 0 aromatic rings. The molecule has 0 radical (unpaired) electrons. The number of halogens is 3. The molecule has 0 heterocycles. The van der Waals surface area contributed by atoms with Gasteiger partial charge in [0.2, 0.25) is 0 Å². The van der Waals surface area contributed by atoms with E-state index in [-0.39, 0.29) is 17.5 Å². The molecule has 80 valence electrons. The van der Waals surface area contributed by atoms with Crippen LogP contribution in [0.5, 0.6) is 0 Å². The van der Waals surface area contributed by atoms with E-state index in [1.54, 1.807) is 0 Å². The second-order valence-electron chi connectivity index (χ2n) is 3.25. The summed E-state index contributed by atoms with van der Waals surface area (Å²) in [6.07, 6.45) is 0.566. The molecule has 0 aliphatic heterocycles. The third-order valence-electron chi connectivity index (χ3n) is 1.32. The molecule has 0 aliphatic carbocycles. The van der Waals surface area contributed by atoms with Gasteiger partial charge in [-0.1, -0.05) is 25.6 Å². The van der Waals surface area contributed by atoms with E-state index in [0.29, 0.717) is 18.9 Å². The van der Waals surface area contributed by atoms with Crippen LogP contribution in [0, 0.1) is 5.92 Å². The fraction of sp³-hybridized carbons (Fsp3) is 1.00. The van der Waals surface area contributed by atoms with Gasteiger partial charge >= 0.3 is 5.51 Å². The Morgan fingerprint density at radius 2 is 1.92 bits per heavy atom. The van der Waals surface area contributed by atoms with Crippen molar-refractivity contribution in [2.24, 2.45) is 5.92 Å². The number of nitrogens with one attached hydrogen (secondary N) is 1. The lowest BCUT2D eigenvalue weighted by molar-refractivity contribution is -0.0327. The first kappa shape index (κ1) is 13.1. The van der Waals surface area contributed by atoms with E-state index in [2.05, 4.69) is 19.2 Å². The van der Waals surface area contributed by atoms with Crippen molar-refractivity contribution in [1.29, 1.82) is 0 Å². The van der Waals surface area contributed by atoms with Crippen LogP contribution in [0.25, 0.3) is 0 Å². The monoisotopic (exact) mass is 215 g/mol. The van der Waals surface area contributed by atoms with E-state index in [4.69, 9.17) is 0 Å². The zero-order valence-corrected chi connectivity index (χ0v) is 8.76. The zero-order chi connectivity index (χ0) is 10.3. The number of thioether (sulfide) groups is 1. The van der Waals surface area contributed by atoms with Crippen molar-refractivity contribution in [3.63, 3.8) is 0 Å². The molecule has 0 fully saturated rings. The number of alkyl halides is 3. The highest BCUT2D eigenvalue weighted by atomic mass is 32.2. The molecule has 13 heavy (non-hydrogen) atoms. The van der Waals surface area contributed by atoms with Gasteiger partial charge in [0.1, 0.15) is 0 Å². The minimum Gasteiger partial charge on any atom is -0.316 e. The Hall–Kier alpha value is 0.100. The highest BCUT2D eigenvalue weighted by Crippen LogP contribution is 2.30. The van der Waals surface area contributed by atoms with Gasteiger partial charge in [-0.05, 0) is 25.4 Å². The van der Waals surface area contributed by atoms with Crippen LogP contribution in [-0.4, -0.2) is 24.4 Å². The SMILES string of the molecule is CC(C)CNCCCSC(F)(F)F. The maximum Gasteiger partial charge on any atom is 0.441 e. The molecule has 1 N–H and O–H groups in total. The first-order valence-electron chi connectivity index (χ1n) is 4.33. The summed E-state index contributed by atoms with van der Waals surface area (Å²) in [4.78, 5) is 0.